The third-order valence-corrected chi connectivity index (χ3v) is 5.34. The fraction of sp³-hybridized carbons (Fsp3) is 0.318. The molecule has 1 heterocycles. The molecule has 30 heavy (non-hydrogen) atoms. The maximum absolute atomic E-state index is 12.4. The number of para-hydroxylation sites is 1. The smallest absolute Gasteiger partial charge is 0.286 e. The minimum absolute atomic E-state index is 0.246. The maximum atomic E-state index is 12.4. The van der Waals surface area contributed by atoms with Crippen molar-refractivity contribution in [2.24, 2.45) is 0 Å². The summed E-state index contributed by atoms with van der Waals surface area (Å²) in [6, 6.07) is 15.3. The minimum Gasteiger partial charge on any atom is -0.493 e. The molecule has 0 aliphatic heterocycles. The van der Waals surface area contributed by atoms with Crippen molar-refractivity contribution >= 4 is 22.9 Å². The van der Waals surface area contributed by atoms with Crippen molar-refractivity contribution in [3.8, 4) is 11.5 Å². The number of hydrogen-bond acceptors (Lipinski definition) is 7. The average Bonchev–Trinajstić information content (AvgIpc) is 3.24. The Bertz CT molecular complexity index is 962. The number of carbonyl (C=O) groups is 1. The largest absolute Gasteiger partial charge is 0.493 e. The number of amides is 1. The zero-order valence-corrected chi connectivity index (χ0v) is 18.2. The van der Waals surface area contributed by atoms with Gasteiger partial charge >= 0.3 is 0 Å². The summed E-state index contributed by atoms with van der Waals surface area (Å²) in [6.45, 7) is 6.81. The van der Waals surface area contributed by atoms with E-state index in [1.165, 1.54) is 11.3 Å². The van der Waals surface area contributed by atoms with E-state index < -0.39 is 0 Å². The highest BCUT2D eigenvalue weighted by Gasteiger charge is 2.16. The van der Waals surface area contributed by atoms with E-state index in [0.29, 0.717) is 18.2 Å². The number of ether oxygens (including phenoxy) is 2. The summed E-state index contributed by atoms with van der Waals surface area (Å²) in [5.41, 5.74) is 1.85. The van der Waals surface area contributed by atoms with Crippen LogP contribution in [0.1, 0.15) is 34.2 Å². The third-order valence-electron chi connectivity index (χ3n) is 4.43. The molecule has 1 amide bonds. The fourth-order valence-electron chi connectivity index (χ4n) is 2.93. The van der Waals surface area contributed by atoms with Crippen LogP contribution in [0.15, 0.2) is 48.5 Å². The topological polar surface area (TPSA) is 76.6 Å². The lowest BCUT2D eigenvalue weighted by molar-refractivity contribution is 0.102. The van der Waals surface area contributed by atoms with Crippen LogP contribution in [0.25, 0.3) is 0 Å². The Morgan fingerprint density at radius 3 is 2.57 bits per heavy atom. The molecule has 2 aromatic carbocycles. The Morgan fingerprint density at radius 1 is 1.07 bits per heavy atom. The summed E-state index contributed by atoms with van der Waals surface area (Å²) >= 11 is 1.31. The Balaban J connectivity index is 1.63. The standard InChI is InChI=1S/C22H26N4O3S/c1-4-26(14-16-11-12-18(29-5-2)19(13-16)28-3)15-20-24-25-22(30-20)21(27)23-17-9-7-6-8-10-17/h6-13H,4-5,14-15H2,1-3H3,(H,23,27). The minimum atomic E-state index is -0.246. The quantitative estimate of drug-likeness (QED) is 0.523. The van der Waals surface area contributed by atoms with Crippen molar-refractivity contribution in [2.75, 3.05) is 25.6 Å². The molecule has 0 fully saturated rings. The van der Waals surface area contributed by atoms with Gasteiger partial charge in [-0.15, -0.1) is 10.2 Å². The summed E-state index contributed by atoms with van der Waals surface area (Å²) in [7, 11) is 1.64. The Morgan fingerprint density at radius 2 is 1.87 bits per heavy atom. The van der Waals surface area contributed by atoms with E-state index in [0.717, 1.165) is 40.8 Å². The molecule has 0 saturated carbocycles. The van der Waals surface area contributed by atoms with Gasteiger partial charge in [0.05, 0.1) is 20.3 Å². The number of hydrogen-bond donors (Lipinski definition) is 1. The van der Waals surface area contributed by atoms with Crippen molar-refractivity contribution in [3.05, 3.63) is 64.1 Å². The Labute approximate surface area is 180 Å². The van der Waals surface area contributed by atoms with Gasteiger partial charge in [0.15, 0.2) is 11.5 Å². The first-order chi connectivity index (χ1) is 14.6. The molecule has 0 aliphatic carbocycles. The van der Waals surface area contributed by atoms with Gasteiger partial charge in [0, 0.05) is 12.2 Å². The Hall–Kier alpha value is -2.97. The second kappa shape index (κ2) is 10.7. The van der Waals surface area contributed by atoms with Gasteiger partial charge in [-0.05, 0) is 43.3 Å². The van der Waals surface area contributed by atoms with Gasteiger partial charge in [-0.2, -0.15) is 0 Å². The summed E-state index contributed by atoms with van der Waals surface area (Å²) in [5.74, 6) is 1.22. The van der Waals surface area contributed by atoms with E-state index in [1.807, 2.05) is 55.5 Å². The molecule has 0 spiro atoms. The maximum Gasteiger partial charge on any atom is 0.286 e. The van der Waals surface area contributed by atoms with Crippen molar-refractivity contribution in [1.29, 1.82) is 0 Å². The lowest BCUT2D eigenvalue weighted by Gasteiger charge is -2.19. The first-order valence-corrected chi connectivity index (χ1v) is 10.6. The fourth-order valence-corrected chi connectivity index (χ4v) is 3.71. The highest BCUT2D eigenvalue weighted by atomic mass is 32.1. The normalized spacial score (nSPS) is 10.8. The van der Waals surface area contributed by atoms with E-state index in [2.05, 4.69) is 27.3 Å². The first-order valence-electron chi connectivity index (χ1n) is 9.83. The van der Waals surface area contributed by atoms with Crippen LogP contribution in [0.5, 0.6) is 11.5 Å². The second-order valence-corrected chi connectivity index (χ2v) is 7.60. The third kappa shape index (κ3) is 5.77. The molecule has 3 rings (SSSR count). The SMILES string of the molecule is CCOc1ccc(CN(CC)Cc2nnc(C(=O)Nc3ccccc3)s2)cc1OC. The van der Waals surface area contributed by atoms with Gasteiger partial charge in [-0.3, -0.25) is 9.69 Å². The molecule has 0 unspecified atom stereocenters. The highest BCUT2D eigenvalue weighted by Crippen LogP contribution is 2.28. The van der Waals surface area contributed by atoms with Crippen LogP contribution >= 0.6 is 11.3 Å². The molecule has 0 bridgehead atoms. The predicted molar refractivity (Wildman–Crippen MR) is 118 cm³/mol. The van der Waals surface area contributed by atoms with Gasteiger partial charge in [-0.1, -0.05) is 42.5 Å². The average molecular weight is 427 g/mol. The lowest BCUT2D eigenvalue weighted by Crippen LogP contribution is -2.22. The molecule has 158 valence electrons. The van der Waals surface area contributed by atoms with E-state index in [4.69, 9.17) is 9.47 Å². The van der Waals surface area contributed by atoms with E-state index >= 15 is 0 Å². The van der Waals surface area contributed by atoms with Gasteiger partial charge in [0.2, 0.25) is 5.01 Å². The van der Waals surface area contributed by atoms with Crippen molar-refractivity contribution < 1.29 is 14.3 Å². The highest BCUT2D eigenvalue weighted by molar-refractivity contribution is 7.13. The van der Waals surface area contributed by atoms with E-state index in [1.54, 1.807) is 7.11 Å². The van der Waals surface area contributed by atoms with Crippen LogP contribution in [0.2, 0.25) is 0 Å². The van der Waals surface area contributed by atoms with Gasteiger partial charge in [0.1, 0.15) is 5.01 Å². The number of rotatable bonds is 10. The number of methoxy groups -OCH3 is 1. The summed E-state index contributed by atoms with van der Waals surface area (Å²) in [5, 5.41) is 12.3. The van der Waals surface area contributed by atoms with Gasteiger partial charge in [-0.25, -0.2) is 0 Å². The van der Waals surface area contributed by atoms with Crippen LogP contribution < -0.4 is 14.8 Å². The number of carbonyl (C=O) groups excluding carboxylic acids is 1. The molecule has 8 heteroatoms. The van der Waals surface area contributed by atoms with E-state index in [-0.39, 0.29) is 5.91 Å². The van der Waals surface area contributed by atoms with Crippen LogP contribution in [-0.4, -0.2) is 41.3 Å². The van der Waals surface area contributed by atoms with Gasteiger partial charge in [0.25, 0.3) is 5.91 Å². The van der Waals surface area contributed by atoms with E-state index in [9.17, 15) is 4.79 Å². The lowest BCUT2D eigenvalue weighted by atomic mass is 10.2. The molecule has 0 aliphatic rings. The van der Waals surface area contributed by atoms with Crippen LogP contribution in [0.3, 0.4) is 0 Å². The van der Waals surface area contributed by atoms with Crippen LogP contribution in [0.4, 0.5) is 5.69 Å². The summed E-state index contributed by atoms with van der Waals surface area (Å²) in [6.07, 6.45) is 0. The summed E-state index contributed by atoms with van der Waals surface area (Å²) in [4.78, 5) is 14.6. The molecule has 0 saturated heterocycles. The van der Waals surface area contributed by atoms with Crippen molar-refractivity contribution in [2.45, 2.75) is 26.9 Å². The molecular formula is C22H26N4O3S. The van der Waals surface area contributed by atoms with Crippen LogP contribution in [-0.2, 0) is 13.1 Å². The first kappa shape index (κ1) is 21.7. The number of nitrogens with zero attached hydrogens (tertiary/aromatic N) is 3. The molecule has 0 atom stereocenters. The zero-order valence-electron chi connectivity index (χ0n) is 17.4. The van der Waals surface area contributed by atoms with Crippen LogP contribution in [0, 0.1) is 0 Å². The zero-order chi connectivity index (χ0) is 21.3. The monoisotopic (exact) mass is 426 g/mol. The number of nitrogens with one attached hydrogen (secondary N) is 1. The molecule has 3 aromatic rings. The number of aromatic nitrogens is 2. The molecule has 7 nitrogen and oxygen atoms in total. The molecule has 1 aromatic heterocycles. The summed E-state index contributed by atoms with van der Waals surface area (Å²) < 4.78 is 11.0. The number of benzene rings is 2. The van der Waals surface area contributed by atoms with Gasteiger partial charge < -0.3 is 14.8 Å². The molecule has 1 N–H and O–H groups in total. The predicted octanol–water partition coefficient (Wildman–Crippen LogP) is 4.22. The van der Waals surface area contributed by atoms with Crippen molar-refractivity contribution in [3.63, 3.8) is 0 Å². The van der Waals surface area contributed by atoms with Crippen molar-refractivity contribution in [1.82, 2.24) is 15.1 Å². The number of anilines is 1. The molecular weight excluding hydrogens is 400 g/mol. The molecule has 0 radical (unpaired) electrons. The Kier molecular flexibility index (Phi) is 7.75. The second-order valence-electron chi connectivity index (χ2n) is 6.54.